The molecule has 1 aromatic heterocycles. The van der Waals surface area contributed by atoms with E-state index in [1.165, 1.54) is 7.11 Å². The highest BCUT2D eigenvalue weighted by atomic mass is 16.5. The van der Waals surface area contributed by atoms with Crippen molar-refractivity contribution in [2.75, 3.05) is 24.3 Å². The Kier molecular flexibility index (Phi) is 8.37. The van der Waals surface area contributed by atoms with Crippen LogP contribution in [0.25, 0.3) is 11.3 Å². The number of hydrogen-bond donors (Lipinski definition) is 5. The van der Waals surface area contributed by atoms with E-state index in [-0.39, 0.29) is 23.8 Å². The lowest BCUT2D eigenvalue weighted by Crippen LogP contribution is -2.36. The van der Waals surface area contributed by atoms with Crippen LogP contribution in [0.5, 0.6) is 0 Å². The first-order valence-corrected chi connectivity index (χ1v) is 12.5. The summed E-state index contributed by atoms with van der Waals surface area (Å²) in [5.41, 5.74) is 8.23. The molecule has 0 spiro atoms. The maximum absolute atomic E-state index is 13.1. The number of methoxy groups -OCH3 is 1. The summed E-state index contributed by atoms with van der Waals surface area (Å²) in [6.07, 6.45) is 10.1. The van der Waals surface area contributed by atoms with Crippen molar-refractivity contribution in [2.45, 2.75) is 51.0 Å². The molecule has 1 aliphatic heterocycles. The maximum Gasteiger partial charge on any atom is 0.411 e. The van der Waals surface area contributed by atoms with E-state index in [0.717, 1.165) is 31.2 Å². The molecule has 2 aliphatic rings. The van der Waals surface area contributed by atoms with Gasteiger partial charge in [0.05, 0.1) is 30.7 Å². The summed E-state index contributed by atoms with van der Waals surface area (Å²) < 4.78 is 4.66. The second-order valence-corrected chi connectivity index (χ2v) is 9.37. The van der Waals surface area contributed by atoms with Crippen molar-refractivity contribution in [2.24, 2.45) is 17.6 Å². The molecule has 1 atom stereocenters. The van der Waals surface area contributed by atoms with Gasteiger partial charge in [0.25, 0.3) is 0 Å². The van der Waals surface area contributed by atoms with E-state index < -0.39 is 6.09 Å². The van der Waals surface area contributed by atoms with Crippen molar-refractivity contribution in [1.29, 1.82) is 0 Å². The smallest absolute Gasteiger partial charge is 0.411 e. The van der Waals surface area contributed by atoms with E-state index in [9.17, 15) is 14.4 Å². The molecule has 6 N–H and O–H groups in total. The van der Waals surface area contributed by atoms with E-state index in [0.29, 0.717) is 54.6 Å². The second-order valence-electron chi connectivity index (χ2n) is 9.37. The van der Waals surface area contributed by atoms with Gasteiger partial charge in [0.15, 0.2) is 0 Å². The van der Waals surface area contributed by atoms with Gasteiger partial charge in [-0.15, -0.1) is 0 Å². The summed E-state index contributed by atoms with van der Waals surface area (Å²) in [5, 5.41) is 8.74. The van der Waals surface area contributed by atoms with Crippen LogP contribution in [0, 0.1) is 11.8 Å². The molecule has 2 aromatic rings. The number of nitrogens with one attached hydrogen (secondary N) is 4. The average Bonchev–Trinajstić information content (AvgIpc) is 3.37. The Morgan fingerprint density at radius 1 is 1.19 bits per heavy atom. The van der Waals surface area contributed by atoms with Gasteiger partial charge < -0.3 is 26.1 Å². The largest absolute Gasteiger partial charge is 0.453 e. The first-order valence-electron chi connectivity index (χ1n) is 12.5. The number of amides is 3. The normalized spacial score (nSPS) is 23.1. The molecule has 1 saturated carbocycles. The number of carbonyl (C=O) groups is 3. The van der Waals surface area contributed by atoms with E-state index >= 15 is 0 Å². The number of aromatic nitrogens is 2. The molecule has 1 fully saturated rings. The number of allylic oxidation sites excluding steroid dienone is 1. The van der Waals surface area contributed by atoms with Crippen molar-refractivity contribution in [3.63, 3.8) is 0 Å². The quantitative estimate of drug-likeness (QED) is 0.407. The highest BCUT2D eigenvalue weighted by Crippen LogP contribution is 2.32. The molecule has 0 saturated heterocycles. The molecular weight excluding hydrogens is 460 g/mol. The molecule has 1 aliphatic carbocycles. The Hall–Kier alpha value is -3.66. The van der Waals surface area contributed by atoms with E-state index in [1.807, 2.05) is 12.2 Å². The van der Waals surface area contributed by atoms with Crippen LogP contribution in [0.1, 0.15) is 56.8 Å². The van der Waals surface area contributed by atoms with Crippen LogP contribution in [0.15, 0.2) is 36.5 Å². The number of nitrogens with two attached hydrogens (primary N) is 1. The van der Waals surface area contributed by atoms with Crippen LogP contribution >= 0.6 is 0 Å². The van der Waals surface area contributed by atoms with Crippen molar-refractivity contribution in [3.05, 3.63) is 42.4 Å². The fourth-order valence-electron chi connectivity index (χ4n) is 4.75. The van der Waals surface area contributed by atoms with E-state index in [1.54, 1.807) is 24.4 Å². The number of H-pyrrole nitrogens is 1. The van der Waals surface area contributed by atoms with Crippen molar-refractivity contribution >= 4 is 29.3 Å². The summed E-state index contributed by atoms with van der Waals surface area (Å²) in [7, 11) is 1.29. The van der Waals surface area contributed by atoms with Crippen LogP contribution in [0.2, 0.25) is 0 Å². The van der Waals surface area contributed by atoms with Gasteiger partial charge in [0, 0.05) is 23.6 Å². The van der Waals surface area contributed by atoms with Crippen molar-refractivity contribution < 1.29 is 19.1 Å². The third-order valence-electron chi connectivity index (χ3n) is 6.89. The van der Waals surface area contributed by atoms with Gasteiger partial charge >= 0.3 is 6.09 Å². The Balaban J connectivity index is 1.58. The van der Waals surface area contributed by atoms with Crippen molar-refractivity contribution in [3.8, 4) is 11.3 Å². The van der Waals surface area contributed by atoms with Crippen LogP contribution in [-0.4, -0.2) is 41.5 Å². The molecule has 36 heavy (non-hydrogen) atoms. The predicted molar refractivity (Wildman–Crippen MR) is 137 cm³/mol. The summed E-state index contributed by atoms with van der Waals surface area (Å²) in [4.78, 5) is 45.2. The van der Waals surface area contributed by atoms with Gasteiger partial charge in [-0.3, -0.25) is 14.9 Å². The minimum atomic E-state index is -0.602. The van der Waals surface area contributed by atoms with Crippen molar-refractivity contribution in [1.82, 2.24) is 15.3 Å². The number of ether oxygens (including phenoxy) is 1. The molecule has 4 rings (SSSR count). The highest BCUT2D eigenvalue weighted by Gasteiger charge is 2.28. The zero-order chi connectivity index (χ0) is 25.5. The summed E-state index contributed by atoms with van der Waals surface area (Å²) in [6.45, 7) is 0.677. The molecule has 0 radical (unpaired) electrons. The molecule has 1 aromatic carbocycles. The third kappa shape index (κ3) is 6.31. The number of aromatic amines is 1. The number of anilines is 2. The molecule has 2 bridgehead atoms. The van der Waals surface area contributed by atoms with E-state index in [2.05, 4.69) is 30.7 Å². The molecule has 10 nitrogen and oxygen atoms in total. The lowest BCUT2D eigenvalue weighted by molar-refractivity contribution is -0.127. The van der Waals surface area contributed by atoms with Gasteiger partial charge in [-0.25, -0.2) is 9.78 Å². The Bertz CT molecular complexity index is 1120. The standard InChI is InChI=1S/C26H34N6O4/c1-36-26(35)29-18-11-12-19-21(13-18)30-23(33)6-4-2-3-5-20(24-28-15-22(19)31-24)32-25(34)17-9-7-16(14-27)8-10-17/h2-3,11-13,15-17,20H,4-10,14,27H2,1H3,(H,28,31)(H,29,35)(H,30,33)(H,32,34)/b3-2-/t16?,17?,20-/m0/s1. The number of rotatable bonds is 4. The SMILES string of the molecule is COC(=O)Nc1ccc2c(c1)NC(=O)CC/C=C\C[C@H](NC(=O)C1CCC(CN)CC1)c1ncc-2[nH]1. The lowest BCUT2D eigenvalue weighted by atomic mass is 9.81. The maximum atomic E-state index is 13.1. The number of fused-ring (bicyclic) bond motifs is 4. The number of benzene rings is 1. The molecule has 3 amide bonds. The number of hydrogen-bond acceptors (Lipinski definition) is 6. The summed E-state index contributed by atoms with van der Waals surface area (Å²) in [5.74, 6) is 1.04. The van der Waals surface area contributed by atoms with Crippen LogP contribution < -0.4 is 21.7 Å². The minimum Gasteiger partial charge on any atom is -0.453 e. The monoisotopic (exact) mass is 494 g/mol. The van der Waals surface area contributed by atoms with Gasteiger partial charge in [0.1, 0.15) is 5.82 Å². The van der Waals surface area contributed by atoms with Crippen LogP contribution in [-0.2, 0) is 14.3 Å². The molecular formula is C26H34N6O4. The minimum absolute atomic E-state index is 0.0147. The molecule has 2 heterocycles. The van der Waals surface area contributed by atoms with Crippen LogP contribution in [0.3, 0.4) is 0 Å². The zero-order valence-corrected chi connectivity index (χ0v) is 20.5. The topological polar surface area (TPSA) is 151 Å². The molecule has 192 valence electrons. The first kappa shape index (κ1) is 25.4. The van der Waals surface area contributed by atoms with Crippen LogP contribution in [0.4, 0.5) is 16.2 Å². The summed E-state index contributed by atoms with van der Waals surface area (Å²) in [6, 6.07) is 4.87. The lowest BCUT2D eigenvalue weighted by Gasteiger charge is -2.28. The fraction of sp³-hybridized carbons (Fsp3) is 0.462. The highest BCUT2D eigenvalue weighted by molar-refractivity contribution is 5.97. The zero-order valence-electron chi connectivity index (χ0n) is 20.5. The number of carbonyl (C=O) groups excluding carboxylic acids is 3. The Labute approximate surface area is 210 Å². The molecule has 0 unspecified atom stereocenters. The first-order chi connectivity index (χ1) is 17.5. The predicted octanol–water partition coefficient (Wildman–Crippen LogP) is 3.86. The van der Waals surface area contributed by atoms with Gasteiger partial charge in [-0.05, 0) is 69.2 Å². The Morgan fingerprint density at radius 3 is 2.75 bits per heavy atom. The second kappa shape index (κ2) is 11.9. The average molecular weight is 495 g/mol. The number of nitrogens with zero attached hydrogens (tertiary/aromatic N) is 1. The fourth-order valence-corrected chi connectivity index (χ4v) is 4.75. The Morgan fingerprint density at radius 2 is 2.00 bits per heavy atom. The van der Waals surface area contributed by atoms with E-state index in [4.69, 9.17) is 5.73 Å². The molecule has 10 heteroatoms. The van der Waals surface area contributed by atoms with Gasteiger partial charge in [-0.1, -0.05) is 12.2 Å². The third-order valence-corrected chi connectivity index (χ3v) is 6.89. The summed E-state index contributed by atoms with van der Waals surface area (Å²) >= 11 is 0. The van der Waals surface area contributed by atoms with Gasteiger partial charge in [-0.2, -0.15) is 0 Å². The van der Waals surface area contributed by atoms with Gasteiger partial charge in [0.2, 0.25) is 11.8 Å². The number of imidazole rings is 1.